The zero-order valence-electron chi connectivity index (χ0n) is 13.8. The second kappa shape index (κ2) is 6.60. The Kier molecular flexibility index (Phi) is 4.50. The third kappa shape index (κ3) is 2.98. The van der Waals surface area contributed by atoms with Gasteiger partial charge in [-0.2, -0.15) is 0 Å². The highest BCUT2D eigenvalue weighted by Gasteiger charge is 2.21. The quantitative estimate of drug-likeness (QED) is 0.696. The number of anilines is 2. The minimum Gasteiger partial charge on any atom is -0.388 e. The Bertz CT molecular complexity index is 967. The van der Waals surface area contributed by atoms with Crippen LogP contribution in [0.1, 0.15) is 22.8 Å². The molecule has 3 rings (SSSR count). The van der Waals surface area contributed by atoms with Crippen LogP contribution in [-0.4, -0.2) is 27.0 Å². The second-order valence-electron chi connectivity index (χ2n) is 5.71. The van der Waals surface area contributed by atoms with Crippen molar-refractivity contribution in [3.63, 3.8) is 0 Å². The maximum Gasteiger partial charge on any atom is 0.190 e. The first-order valence-corrected chi connectivity index (χ1v) is 7.79. The van der Waals surface area contributed by atoms with Crippen molar-refractivity contribution in [2.24, 2.45) is 7.05 Å². The van der Waals surface area contributed by atoms with Gasteiger partial charge in [-0.15, -0.1) is 0 Å². The van der Waals surface area contributed by atoms with Crippen molar-refractivity contribution in [3.8, 4) is 0 Å². The van der Waals surface area contributed by atoms with E-state index in [1.54, 1.807) is 17.7 Å². The third-order valence-corrected chi connectivity index (χ3v) is 4.11. The minimum absolute atomic E-state index is 0.0402. The molecule has 1 aromatic heterocycles. The summed E-state index contributed by atoms with van der Waals surface area (Å²) in [6.45, 7) is 1.11. The number of rotatable bonds is 5. The molecule has 0 aliphatic carbocycles. The molecule has 0 saturated heterocycles. The summed E-state index contributed by atoms with van der Waals surface area (Å²) in [6, 6.07) is 6.00. The molecule has 1 heterocycles. The number of carbonyl (C=O) groups is 1. The average molecular weight is 345 g/mol. The van der Waals surface area contributed by atoms with Crippen LogP contribution in [-0.2, 0) is 13.5 Å². The number of hydrogen-bond acceptors (Lipinski definition) is 4. The van der Waals surface area contributed by atoms with Crippen LogP contribution in [0.4, 0.5) is 20.2 Å². The van der Waals surface area contributed by atoms with Crippen LogP contribution in [0.5, 0.6) is 0 Å². The molecule has 0 aliphatic heterocycles. The number of hydrogen-bond donors (Lipinski definition) is 2. The monoisotopic (exact) mass is 345 g/mol. The van der Waals surface area contributed by atoms with E-state index >= 15 is 0 Å². The second-order valence-corrected chi connectivity index (χ2v) is 5.71. The molecule has 5 nitrogen and oxygen atoms in total. The van der Waals surface area contributed by atoms with Crippen molar-refractivity contribution in [3.05, 3.63) is 53.4 Å². The molecule has 25 heavy (non-hydrogen) atoms. The van der Waals surface area contributed by atoms with E-state index in [9.17, 15) is 18.7 Å². The fraction of sp³-hybridized carbons (Fsp3) is 0.222. The van der Waals surface area contributed by atoms with Gasteiger partial charge in [0.25, 0.3) is 0 Å². The summed E-state index contributed by atoms with van der Waals surface area (Å²) in [6.07, 6.45) is 2.08. The normalized spacial score (nSPS) is 11.1. The number of aromatic nitrogens is 2. The molecule has 130 valence electrons. The Labute approximate surface area is 142 Å². The smallest absolute Gasteiger partial charge is 0.190 e. The van der Waals surface area contributed by atoms with Crippen LogP contribution in [0.15, 0.2) is 30.6 Å². The lowest BCUT2D eigenvalue weighted by molar-refractivity contribution is 0.0904. The van der Waals surface area contributed by atoms with Crippen LogP contribution in [0.3, 0.4) is 0 Å². The Balaban J connectivity index is 2.17. The first-order valence-electron chi connectivity index (χ1n) is 7.79. The molecule has 0 aliphatic rings. The van der Waals surface area contributed by atoms with Crippen LogP contribution >= 0.6 is 0 Å². The SMILES string of the molecule is CCc1ccc(Nc2c(C(=O)CO)cc3c(ncn3C)c2F)c(F)c1. The third-order valence-electron chi connectivity index (χ3n) is 4.11. The molecule has 0 amide bonds. The summed E-state index contributed by atoms with van der Waals surface area (Å²) >= 11 is 0. The fourth-order valence-corrected chi connectivity index (χ4v) is 2.67. The highest BCUT2D eigenvalue weighted by molar-refractivity contribution is 6.06. The predicted octanol–water partition coefficient (Wildman–Crippen LogP) is 3.33. The van der Waals surface area contributed by atoms with E-state index in [0.717, 1.165) is 5.56 Å². The highest BCUT2D eigenvalue weighted by Crippen LogP contribution is 2.32. The summed E-state index contributed by atoms with van der Waals surface area (Å²) in [4.78, 5) is 16.0. The number of aryl methyl sites for hydroxylation is 2. The molecular formula is C18H17F2N3O2. The van der Waals surface area contributed by atoms with Gasteiger partial charge in [-0.25, -0.2) is 13.8 Å². The van der Waals surface area contributed by atoms with Gasteiger partial charge < -0.3 is 15.0 Å². The van der Waals surface area contributed by atoms with Crippen molar-refractivity contribution in [1.82, 2.24) is 9.55 Å². The fourth-order valence-electron chi connectivity index (χ4n) is 2.67. The van der Waals surface area contributed by atoms with Gasteiger partial charge in [0.15, 0.2) is 11.6 Å². The van der Waals surface area contributed by atoms with Gasteiger partial charge in [0.05, 0.1) is 23.2 Å². The molecule has 3 aromatic rings. The molecule has 0 spiro atoms. The summed E-state index contributed by atoms with van der Waals surface area (Å²) in [7, 11) is 1.66. The van der Waals surface area contributed by atoms with Gasteiger partial charge in [-0.05, 0) is 30.2 Å². The summed E-state index contributed by atoms with van der Waals surface area (Å²) in [5, 5.41) is 11.8. The first kappa shape index (κ1) is 17.0. The summed E-state index contributed by atoms with van der Waals surface area (Å²) < 4.78 is 30.7. The van der Waals surface area contributed by atoms with E-state index < -0.39 is 24.0 Å². The van der Waals surface area contributed by atoms with Gasteiger partial charge in [0.2, 0.25) is 0 Å². The highest BCUT2D eigenvalue weighted by atomic mass is 19.1. The molecule has 7 heteroatoms. The van der Waals surface area contributed by atoms with Crippen molar-refractivity contribution in [1.29, 1.82) is 0 Å². The number of fused-ring (bicyclic) bond motifs is 1. The number of ketones is 1. The van der Waals surface area contributed by atoms with Gasteiger partial charge in [0, 0.05) is 12.6 Å². The molecule has 0 atom stereocenters. The molecular weight excluding hydrogens is 328 g/mol. The largest absolute Gasteiger partial charge is 0.388 e. The van der Waals surface area contributed by atoms with Crippen molar-refractivity contribution < 1.29 is 18.7 Å². The Morgan fingerprint density at radius 2 is 2.08 bits per heavy atom. The van der Waals surface area contributed by atoms with Gasteiger partial charge >= 0.3 is 0 Å². The van der Waals surface area contributed by atoms with Crippen molar-refractivity contribution in [2.75, 3.05) is 11.9 Å². The number of nitrogens with one attached hydrogen (secondary N) is 1. The average Bonchev–Trinajstić information content (AvgIpc) is 2.99. The molecule has 0 radical (unpaired) electrons. The molecule has 0 saturated carbocycles. The van der Waals surface area contributed by atoms with E-state index in [1.807, 2.05) is 6.92 Å². The van der Waals surface area contributed by atoms with Crippen molar-refractivity contribution >= 4 is 28.2 Å². The number of aliphatic hydroxyl groups excluding tert-OH is 1. The maximum absolute atomic E-state index is 14.9. The topological polar surface area (TPSA) is 67.2 Å². The van der Waals surface area contributed by atoms with Gasteiger partial charge in [-0.3, -0.25) is 4.79 Å². The molecule has 0 bridgehead atoms. The zero-order chi connectivity index (χ0) is 18.1. The zero-order valence-corrected chi connectivity index (χ0v) is 13.8. The number of carbonyl (C=O) groups excluding carboxylic acids is 1. The Morgan fingerprint density at radius 1 is 1.32 bits per heavy atom. The first-order chi connectivity index (χ1) is 12.0. The number of aliphatic hydroxyl groups is 1. The molecule has 2 aromatic carbocycles. The minimum atomic E-state index is -0.783. The van der Waals surface area contributed by atoms with Crippen LogP contribution < -0.4 is 5.32 Å². The summed E-state index contributed by atoms with van der Waals surface area (Å²) in [5.41, 5.74) is 1.05. The van der Waals surface area contributed by atoms with Gasteiger partial charge in [-0.1, -0.05) is 13.0 Å². The van der Waals surface area contributed by atoms with Crippen LogP contribution in [0.2, 0.25) is 0 Å². The molecule has 0 unspecified atom stereocenters. The maximum atomic E-state index is 14.9. The lowest BCUT2D eigenvalue weighted by Crippen LogP contribution is -2.11. The van der Waals surface area contributed by atoms with E-state index in [0.29, 0.717) is 11.9 Å². The number of halogens is 2. The van der Waals surface area contributed by atoms with Crippen LogP contribution in [0.25, 0.3) is 11.0 Å². The number of benzene rings is 2. The lowest BCUT2D eigenvalue weighted by atomic mass is 10.1. The number of Topliss-reactive ketones (excluding diaryl/α,β-unsaturated/α-hetero) is 1. The van der Waals surface area contributed by atoms with E-state index in [2.05, 4.69) is 10.3 Å². The number of imidazole rings is 1. The molecule has 0 fully saturated rings. The Hall–Kier alpha value is -2.80. The van der Waals surface area contributed by atoms with E-state index in [-0.39, 0.29) is 22.5 Å². The number of nitrogens with zero attached hydrogens (tertiary/aromatic N) is 2. The standard InChI is InChI=1S/C18H17F2N3O2/c1-3-10-4-5-13(12(19)6-10)22-17-11(15(25)8-24)7-14-18(16(17)20)21-9-23(14)2/h4-7,9,22,24H,3,8H2,1-2H3. The van der Waals surface area contributed by atoms with E-state index in [1.165, 1.54) is 24.5 Å². The van der Waals surface area contributed by atoms with E-state index in [4.69, 9.17) is 0 Å². The van der Waals surface area contributed by atoms with Crippen LogP contribution in [0, 0.1) is 11.6 Å². The predicted molar refractivity (Wildman–Crippen MR) is 91.1 cm³/mol. The lowest BCUT2D eigenvalue weighted by Gasteiger charge is -2.14. The molecule has 2 N–H and O–H groups in total. The summed E-state index contributed by atoms with van der Waals surface area (Å²) in [5.74, 6) is -1.99. The van der Waals surface area contributed by atoms with Gasteiger partial charge in [0.1, 0.15) is 17.9 Å². The Morgan fingerprint density at radius 3 is 2.72 bits per heavy atom. The van der Waals surface area contributed by atoms with Crippen molar-refractivity contribution in [2.45, 2.75) is 13.3 Å².